The third kappa shape index (κ3) is 3.51. The summed E-state index contributed by atoms with van der Waals surface area (Å²) < 4.78 is 0.447. The van der Waals surface area contributed by atoms with E-state index in [1.165, 1.54) is 0 Å². The monoisotopic (exact) mass is 276 g/mol. The van der Waals surface area contributed by atoms with Gasteiger partial charge in [0.25, 0.3) is 5.91 Å². The van der Waals surface area contributed by atoms with E-state index in [1.807, 2.05) is 19.9 Å². The summed E-state index contributed by atoms with van der Waals surface area (Å²) in [4.78, 5) is 14.9. The van der Waals surface area contributed by atoms with Gasteiger partial charge < -0.3 is 10.3 Å². The maximum Gasteiger partial charge on any atom is 0.254 e. The zero-order chi connectivity index (χ0) is 13.8. The van der Waals surface area contributed by atoms with Gasteiger partial charge in [-0.1, -0.05) is 12.2 Å². The van der Waals surface area contributed by atoms with E-state index in [2.05, 4.69) is 20.5 Å². The van der Waals surface area contributed by atoms with Gasteiger partial charge in [0.1, 0.15) is 4.64 Å². The van der Waals surface area contributed by atoms with Crippen LogP contribution in [0.1, 0.15) is 28.7 Å². The molecule has 0 spiro atoms. The van der Waals surface area contributed by atoms with Crippen LogP contribution in [0.15, 0.2) is 24.4 Å². The van der Waals surface area contributed by atoms with Gasteiger partial charge >= 0.3 is 0 Å². The summed E-state index contributed by atoms with van der Waals surface area (Å²) in [5.41, 5.74) is 2.44. The van der Waals surface area contributed by atoms with Gasteiger partial charge in [0, 0.05) is 24.4 Å². The summed E-state index contributed by atoms with van der Waals surface area (Å²) >= 11 is 5.08. The van der Waals surface area contributed by atoms with E-state index in [9.17, 15) is 4.79 Å². The predicted octanol–water partition coefficient (Wildman–Crippen LogP) is 2.14. The van der Waals surface area contributed by atoms with Gasteiger partial charge in [0.05, 0.1) is 11.3 Å². The molecular formula is C13H16N4OS. The van der Waals surface area contributed by atoms with Crippen LogP contribution in [-0.4, -0.2) is 27.1 Å². The molecule has 0 aliphatic carbocycles. The average molecular weight is 276 g/mol. The van der Waals surface area contributed by atoms with Crippen molar-refractivity contribution < 1.29 is 4.79 Å². The van der Waals surface area contributed by atoms with E-state index in [1.54, 1.807) is 18.3 Å². The highest BCUT2D eigenvalue weighted by molar-refractivity contribution is 7.71. The lowest BCUT2D eigenvalue weighted by atomic mass is 10.1. The Balaban J connectivity index is 1.99. The van der Waals surface area contributed by atoms with Crippen molar-refractivity contribution >= 4 is 18.1 Å². The van der Waals surface area contributed by atoms with Gasteiger partial charge in [-0.05, 0) is 32.0 Å². The molecule has 0 aliphatic rings. The molecule has 2 aromatic heterocycles. The molecule has 0 aromatic carbocycles. The maximum absolute atomic E-state index is 12.0. The van der Waals surface area contributed by atoms with Gasteiger partial charge in [-0.3, -0.25) is 9.89 Å². The number of aromatic nitrogens is 3. The fourth-order valence-corrected chi connectivity index (χ4v) is 2.07. The van der Waals surface area contributed by atoms with Gasteiger partial charge in [0.2, 0.25) is 0 Å². The third-order valence-electron chi connectivity index (χ3n) is 2.71. The Hall–Kier alpha value is -1.95. The molecule has 0 saturated heterocycles. The van der Waals surface area contributed by atoms with Crippen molar-refractivity contribution in [2.45, 2.75) is 26.3 Å². The number of pyridine rings is 1. The summed E-state index contributed by atoms with van der Waals surface area (Å²) in [6.45, 7) is 3.89. The number of aromatic amines is 2. The number of carbonyl (C=O) groups is 1. The molecular weight excluding hydrogens is 260 g/mol. The first kappa shape index (κ1) is 13.5. The number of amides is 1. The Bertz CT molecular complexity index is 631. The smallest absolute Gasteiger partial charge is 0.254 e. The molecule has 19 heavy (non-hydrogen) atoms. The van der Waals surface area contributed by atoms with E-state index in [0.29, 0.717) is 16.6 Å². The van der Waals surface area contributed by atoms with Gasteiger partial charge in [-0.2, -0.15) is 5.10 Å². The molecule has 0 aliphatic heterocycles. The Morgan fingerprint density at radius 3 is 3.00 bits per heavy atom. The summed E-state index contributed by atoms with van der Waals surface area (Å²) in [5.74, 6) is -0.165. The topological polar surface area (TPSA) is 73.6 Å². The number of carbonyl (C=O) groups excluding carboxylic acids is 1. The van der Waals surface area contributed by atoms with Crippen LogP contribution in [-0.2, 0) is 6.42 Å². The average Bonchev–Trinajstić information content (AvgIpc) is 2.74. The van der Waals surface area contributed by atoms with E-state index >= 15 is 0 Å². The minimum atomic E-state index is -0.165. The lowest BCUT2D eigenvalue weighted by Crippen LogP contribution is -2.34. The second-order valence-electron chi connectivity index (χ2n) is 4.53. The van der Waals surface area contributed by atoms with Crippen LogP contribution in [0, 0.1) is 11.6 Å². The minimum absolute atomic E-state index is 0.00944. The summed E-state index contributed by atoms with van der Waals surface area (Å²) in [5, 5.41) is 9.95. The van der Waals surface area contributed by atoms with Crippen molar-refractivity contribution in [2.24, 2.45) is 0 Å². The molecule has 0 fully saturated rings. The molecule has 1 amide bonds. The Morgan fingerprint density at radius 1 is 1.58 bits per heavy atom. The predicted molar refractivity (Wildman–Crippen MR) is 75.6 cm³/mol. The van der Waals surface area contributed by atoms with Crippen molar-refractivity contribution in [1.82, 2.24) is 20.5 Å². The van der Waals surface area contributed by atoms with Crippen LogP contribution >= 0.6 is 12.2 Å². The molecule has 2 aromatic rings. The van der Waals surface area contributed by atoms with Crippen molar-refractivity contribution in [3.8, 4) is 0 Å². The molecule has 2 heterocycles. The van der Waals surface area contributed by atoms with Crippen LogP contribution in [0.5, 0.6) is 0 Å². The molecule has 0 unspecified atom stereocenters. The second kappa shape index (κ2) is 5.79. The van der Waals surface area contributed by atoms with E-state index < -0.39 is 0 Å². The fourth-order valence-electron chi connectivity index (χ4n) is 1.85. The standard InChI is InChI=1S/C13H16N4OS/c1-8(6-10-7-9(2)16-17-10)15-12(18)11-4-3-5-14-13(11)19/h3-5,7-8H,6H2,1-2H3,(H,14,19)(H,15,18)(H,16,17)/t8-/m1/s1. The zero-order valence-electron chi connectivity index (χ0n) is 10.9. The van der Waals surface area contributed by atoms with E-state index in [-0.39, 0.29) is 11.9 Å². The second-order valence-corrected chi connectivity index (χ2v) is 4.94. The van der Waals surface area contributed by atoms with Crippen molar-refractivity contribution in [1.29, 1.82) is 0 Å². The number of hydrogen-bond donors (Lipinski definition) is 3. The number of rotatable bonds is 4. The SMILES string of the molecule is Cc1cc(C[C@@H](C)NC(=O)c2ccc[nH]c2=S)n[nH]1. The van der Waals surface area contributed by atoms with Crippen LogP contribution < -0.4 is 5.32 Å². The van der Waals surface area contributed by atoms with Crippen LogP contribution in [0.2, 0.25) is 0 Å². The minimum Gasteiger partial charge on any atom is -0.352 e. The Labute approximate surface area is 116 Å². The molecule has 2 rings (SSSR count). The summed E-state index contributed by atoms with van der Waals surface area (Å²) in [7, 11) is 0. The lowest BCUT2D eigenvalue weighted by Gasteiger charge is -2.12. The largest absolute Gasteiger partial charge is 0.352 e. The first-order chi connectivity index (χ1) is 9.06. The van der Waals surface area contributed by atoms with E-state index in [4.69, 9.17) is 12.2 Å². The van der Waals surface area contributed by atoms with Crippen LogP contribution in [0.4, 0.5) is 0 Å². The summed E-state index contributed by atoms with van der Waals surface area (Å²) in [6.07, 6.45) is 2.38. The molecule has 1 atom stereocenters. The maximum atomic E-state index is 12.0. The number of hydrogen-bond acceptors (Lipinski definition) is 3. The van der Waals surface area contributed by atoms with Crippen LogP contribution in [0.3, 0.4) is 0 Å². The molecule has 5 nitrogen and oxygen atoms in total. The van der Waals surface area contributed by atoms with Gasteiger partial charge in [0.15, 0.2) is 0 Å². The highest BCUT2D eigenvalue weighted by Crippen LogP contribution is 2.04. The highest BCUT2D eigenvalue weighted by Gasteiger charge is 2.12. The Kier molecular flexibility index (Phi) is 4.11. The molecule has 6 heteroatoms. The molecule has 0 saturated carbocycles. The summed E-state index contributed by atoms with van der Waals surface area (Å²) in [6, 6.07) is 5.42. The van der Waals surface area contributed by atoms with Crippen molar-refractivity contribution in [3.63, 3.8) is 0 Å². The molecule has 100 valence electrons. The zero-order valence-corrected chi connectivity index (χ0v) is 11.7. The van der Waals surface area contributed by atoms with Gasteiger partial charge in [-0.25, -0.2) is 0 Å². The first-order valence-corrected chi connectivity index (χ1v) is 6.46. The van der Waals surface area contributed by atoms with E-state index in [0.717, 1.165) is 11.4 Å². The third-order valence-corrected chi connectivity index (χ3v) is 3.05. The fraction of sp³-hybridized carbons (Fsp3) is 0.308. The molecule has 3 N–H and O–H groups in total. The van der Waals surface area contributed by atoms with Gasteiger partial charge in [-0.15, -0.1) is 0 Å². The lowest BCUT2D eigenvalue weighted by molar-refractivity contribution is 0.0939. The molecule has 0 bridgehead atoms. The van der Waals surface area contributed by atoms with Crippen molar-refractivity contribution in [2.75, 3.05) is 0 Å². The molecule has 0 radical (unpaired) electrons. The normalized spacial score (nSPS) is 12.1. The highest BCUT2D eigenvalue weighted by atomic mass is 32.1. The van der Waals surface area contributed by atoms with Crippen LogP contribution in [0.25, 0.3) is 0 Å². The number of nitrogens with one attached hydrogen (secondary N) is 3. The number of H-pyrrole nitrogens is 2. The number of nitrogens with zero attached hydrogens (tertiary/aromatic N) is 1. The van der Waals surface area contributed by atoms with Crippen molar-refractivity contribution in [3.05, 3.63) is 46.0 Å². The quantitative estimate of drug-likeness (QED) is 0.749. The number of aryl methyl sites for hydroxylation is 1. The Morgan fingerprint density at radius 2 is 2.37 bits per heavy atom. The first-order valence-electron chi connectivity index (χ1n) is 6.05.